The Morgan fingerprint density at radius 2 is 2.19 bits per heavy atom. The fraction of sp³-hybridized carbons (Fsp3) is 0.500. The highest BCUT2D eigenvalue weighted by molar-refractivity contribution is 6.30. The molecule has 0 saturated heterocycles. The molecule has 2 unspecified atom stereocenters. The van der Waals surface area contributed by atoms with Gasteiger partial charge in [-0.2, -0.15) is 0 Å². The maximum atomic E-state index is 9.70. The highest BCUT2D eigenvalue weighted by Crippen LogP contribution is 2.19. The van der Waals surface area contributed by atoms with Gasteiger partial charge in [-0.05, 0) is 32.0 Å². The number of ether oxygens (including phenoxy) is 2. The second-order valence-electron chi connectivity index (χ2n) is 3.51. The zero-order valence-electron chi connectivity index (χ0n) is 9.52. The first-order valence-electron chi connectivity index (χ1n) is 5.31. The lowest BCUT2D eigenvalue weighted by Crippen LogP contribution is -2.32. The Kier molecular flexibility index (Phi) is 5.60. The first-order valence-corrected chi connectivity index (χ1v) is 5.69. The van der Waals surface area contributed by atoms with Crippen molar-refractivity contribution >= 4 is 11.6 Å². The predicted octanol–water partition coefficient (Wildman–Crippen LogP) is 2.50. The minimum Gasteiger partial charge on any atom is -0.488 e. The first-order chi connectivity index (χ1) is 7.63. The van der Waals surface area contributed by atoms with Crippen molar-refractivity contribution in [2.24, 2.45) is 0 Å². The molecule has 1 rings (SSSR count). The van der Waals surface area contributed by atoms with Crippen LogP contribution in [-0.4, -0.2) is 30.5 Å². The van der Waals surface area contributed by atoms with E-state index in [1.54, 1.807) is 31.2 Å². The summed E-state index contributed by atoms with van der Waals surface area (Å²) in [5, 5.41) is 10.3. The van der Waals surface area contributed by atoms with E-state index in [1.807, 2.05) is 6.92 Å². The Hall–Kier alpha value is -0.770. The molecule has 0 spiro atoms. The van der Waals surface area contributed by atoms with Crippen molar-refractivity contribution in [3.05, 3.63) is 29.3 Å². The molecule has 0 aliphatic heterocycles. The molecule has 0 fully saturated rings. The zero-order chi connectivity index (χ0) is 12.0. The van der Waals surface area contributed by atoms with Crippen LogP contribution in [0.5, 0.6) is 5.75 Å². The third-order valence-electron chi connectivity index (χ3n) is 2.15. The number of hydrogen-bond acceptors (Lipinski definition) is 3. The van der Waals surface area contributed by atoms with Gasteiger partial charge in [-0.3, -0.25) is 0 Å². The molecule has 3 nitrogen and oxygen atoms in total. The van der Waals surface area contributed by atoms with E-state index in [4.69, 9.17) is 21.1 Å². The summed E-state index contributed by atoms with van der Waals surface area (Å²) in [7, 11) is 0. The lowest BCUT2D eigenvalue weighted by Gasteiger charge is -2.20. The molecule has 16 heavy (non-hydrogen) atoms. The van der Waals surface area contributed by atoms with Crippen molar-refractivity contribution in [3.8, 4) is 5.75 Å². The Morgan fingerprint density at radius 3 is 2.81 bits per heavy atom. The number of hydrogen-bond donors (Lipinski definition) is 1. The van der Waals surface area contributed by atoms with Gasteiger partial charge < -0.3 is 14.6 Å². The number of halogens is 1. The van der Waals surface area contributed by atoms with Crippen molar-refractivity contribution in [1.29, 1.82) is 0 Å². The average Bonchev–Trinajstić information content (AvgIpc) is 2.25. The van der Waals surface area contributed by atoms with Gasteiger partial charge in [0.1, 0.15) is 18.0 Å². The molecule has 0 bridgehead atoms. The first kappa shape index (κ1) is 13.3. The third-order valence-corrected chi connectivity index (χ3v) is 2.39. The Bertz CT molecular complexity index is 317. The molecule has 0 amide bonds. The van der Waals surface area contributed by atoms with Crippen LogP contribution in [0.25, 0.3) is 0 Å². The number of rotatable bonds is 6. The van der Waals surface area contributed by atoms with E-state index in [2.05, 4.69) is 0 Å². The van der Waals surface area contributed by atoms with Gasteiger partial charge in [0.15, 0.2) is 0 Å². The minimum absolute atomic E-state index is 0.276. The standard InChI is InChI=1S/C12H17ClO3/c1-3-15-8-12(14)9(2)16-11-6-4-5-10(13)7-11/h4-7,9,12,14H,3,8H2,1-2H3. The molecule has 1 aromatic carbocycles. The van der Waals surface area contributed by atoms with Gasteiger partial charge in [0.2, 0.25) is 0 Å². The van der Waals surface area contributed by atoms with Gasteiger partial charge in [0.25, 0.3) is 0 Å². The second kappa shape index (κ2) is 6.74. The van der Waals surface area contributed by atoms with E-state index in [9.17, 15) is 5.11 Å². The summed E-state index contributed by atoms with van der Waals surface area (Å²) < 4.78 is 10.7. The molecular formula is C12H17ClO3. The average molecular weight is 245 g/mol. The van der Waals surface area contributed by atoms with E-state index in [-0.39, 0.29) is 12.7 Å². The van der Waals surface area contributed by atoms with Crippen molar-refractivity contribution in [3.63, 3.8) is 0 Å². The van der Waals surface area contributed by atoms with Crippen LogP contribution in [0.15, 0.2) is 24.3 Å². The van der Waals surface area contributed by atoms with Gasteiger partial charge in [0, 0.05) is 11.6 Å². The van der Waals surface area contributed by atoms with Crippen LogP contribution >= 0.6 is 11.6 Å². The minimum atomic E-state index is -0.640. The normalized spacial score (nSPS) is 14.5. The molecule has 4 heteroatoms. The SMILES string of the molecule is CCOCC(O)C(C)Oc1cccc(Cl)c1. The van der Waals surface area contributed by atoms with Crippen LogP contribution in [0, 0.1) is 0 Å². The lowest BCUT2D eigenvalue weighted by atomic mass is 10.2. The molecule has 90 valence electrons. The van der Waals surface area contributed by atoms with Crippen molar-refractivity contribution in [2.45, 2.75) is 26.1 Å². The van der Waals surface area contributed by atoms with E-state index < -0.39 is 6.10 Å². The summed E-state index contributed by atoms with van der Waals surface area (Å²) in [4.78, 5) is 0. The monoisotopic (exact) mass is 244 g/mol. The maximum Gasteiger partial charge on any atom is 0.124 e. The summed E-state index contributed by atoms with van der Waals surface area (Å²) >= 11 is 5.82. The fourth-order valence-corrected chi connectivity index (χ4v) is 1.39. The van der Waals surface area contributed by atoms with Crippen LogP contribution in [-0.2, 0) is 4.74 Å². The van der Waals surface area contributed by atoms with Gasteiger partial charge in [0.05, 0.1) is 6.61 Å². The van der Waals surface area contributed by atoms with Crippen LogP contribution in [0.1, 0.15) is 13.8 Å². The predicted molar refractivity (Wildman–Crippen MR) is 64.0 cm³/mol. The fourth-order valence-electron chi connectivity index (χ4n) is 1.21. The molecule has 0 radical (unpaired) electrons. The largest absolute Gasteiger partial charge is 0.488 e. The highest BCUT2D eigenvalue weighted by Gasteiger charge is 2.15. The molecular weight excluding hydrogens is 228 g/mol. The molecule has 1 aromatic rings. The van der Waals surface area contributed by atoms with E-state index in [0.717, 1.165) is 0 Å². The van der Waals surface area contributed by atoms with E-state index in [1.165, 1.54) is 0 Å². The van der Waals surface area contributed by atoms with Crippen LogP contribution in [0.2, 0.25) is 5.02 Å². The van der Waals surface area contributed by atoms with E-state index >= 15 is 0 Å². The van der Waals surface area contributed by atoms with Crippen molar-refractivity contribution in [2.75, 3.05) is 13.2 Å². The Labute approximate surface area is 101 Å². The summed E-state index contributed by atoms with van der Waals surface area (Å²) in [5.74, 6) is 0.649. The smallest absolute Gasteiger partial charge is 0.124 e. The molecule has 0 aliphatic rings. The van der Waals surface area contributed by atoms with Gasteiger partial charge >= 0.3 is 0 Å². The molecule has 1 N–H and O–H groups in total. The summed E-state index contributed by atoms with van der Waals surface area (Å²) in [6.45, 7) is 4.54. The molecule has 0 saturated carbocycles. The highest BCUT2D eigenvalue weighted by atomic mass is 35.5. The van der Waals surface area contributed by atoms with Gasteiger partial charge in [-0.1, -0.05) is 17.7 Å². The molecule has 0 heterocycles. The number of benzene rings is 1. The molecule has 0 aliphatic carbocycles. The van der Waals surface area contributed by atoms with Crippen molar-refractivity contribution < 1.29 is 14.6 Å². The topological polar surface area (TPSA) is 38.7 Å². The van der Waals surface area contributed by atoms with Gasteiger partial charge in [-0.25, -0.2) is 0 Å². The van der Waals surface area contributed by atoms with E-state index in [0.29, 0.717) is 17.4 Å². The van der Waals surface area contributed by atoms with Crippen LogP contribution in [0.3, 0.4) is 0 Å². The lowest BCUT2D eigenvalue weighted by molar-refractivity contribution is -0.0178. The summed E-state index contributed by atoms with van der Waals surface area (Å²) in [6, 6.07) is 7.09. The zero-order valence-corrected chi connectivity index (χ0v) is 10.3. The quantitative estimate of drug-likeness (QED) is 0.836. The Morgan fingerprint density at radius 1 is 1.44 bits per heavy atom. The van der Waals surface area contributed by atoms with Crippen LogP contribution in [0.4, 0.5) is 0 Å². The van der Waals surface area contributed by atoms with Crippen molar-refractivity contribution in [1.82, 2.24) is 0 Å². The maximum absolute atomic E-state index is 9.70. The number of aliphatic hydroxyl groups is 1. The number of aliphatic hydroxyl groups excluding tert-OH is 1. The molecule has 0 aromatic heterocycles. The summed E-state index contributed by atoms with van der Waals surface area (Å²) in [5.41, 5.74) is 0. The third kappa shape index (κ3) is 4.39. The summed E-state index contributed by atoms with van der Waals surface area (Å²) in [6.07, 6.45) is -0.969. The van der Waals surface area contributed by atoms with Crippen LogP contribution < -0.4 is 4.74 Å². The van der Waals surface area contributed by atoms with Gasteiger partial charge in [-0.15, -0.1) is 0 Å². The Balaban J connectivity index is 2.47. The molecule has 2 atom stereocenters. The second-order valence-corrected chi connectivity index (χ2v) is 3.94.